The van der Waals surface area contributed by atoms with Crippen LogP contribution in [0.4, 0.5) is 5.69 Å². The molecule has 0 atom stereocenters. The van der Waals surface area contributed by atoms with Crippen LogP contribution in [0.2, 0.25) is 0 Å². The van der Waals surface area contributed by atoms with Crippen molar-refractivity contribution < 1.29 is 9.59 Å². The minimum absolute atomic E-state index is 0.0442. The SMILES string of the molecule is Cc1cccc(/C=C/C(=O)Nc2cnn(CC(=O)NC3CCCC3)c2)c1. The summed E-state index contributed by atoms with van der Waals surface area (Å²) in [6.45, 7) is 2.17. The number of amides is 2. The summed E-state index contributed by atoms with van der Waals surface area (Å²) in [6, 6.07) is 8.20. The van der Waals surface area contributed by atoms with Gasteiger partial charge in [-0.2, -0.15) is 5.10 Å². The van der Waals surface area contributed by atoms with Crippen LogP contribution in [0.3, 0.4) is 0 Å². The second kappa shape index (κ2) is 8.47. The molecule has 1 aromatic heterocycles. The van der Waals surface area contributed by atoms with Crippen molar-refractivity contribution in [1.82, 2.24) is 15.1 Å². The van der Waals surface area contributed by atoms with E-state index < -0.39 is 0 Å². The fourth-order valence-electron chi connectivity index (χ4n) is 3.13. The number of nitrogens with one attached hydrogen (secondary N) is 2. The van der Waals surface area contributed by atoms with Gasteiger partial charge < -0.3 is 10.6 Å². The molecule has 6 heteroatoms. The van der Waals surface area contributed by atoms with E-state index >= 15 is 0 Å². The Hall–Kier alpha value is -2.89. The molecule has 0 spiro atoms. The molecule has 26 heavy (non-hydrogen) atoms. The fourth-order valence-corrected chi connectivity index (χ4v) is 3.13. The van der Waals surface area contributed by atoms with Gasteiger partial charge in [-0.25, -0.2) is 0 Å². The van der Waals surface area contributed by atoms with E-state index in [9.17, 15) is 9.59 Å². The molecule has 1 aliphatic rings. The van der Waals surface area contributed by atoms with Crippen molar-refractivity contribution >= 4 is 23.6 Å². The molecule has 1 heterocycles. The Morgan fingerprint density at radius 1 is 1.31 bits per heavy atom. The first-order valence-corrected chi connectivity index (χ1v) is 8.96. The van der Waals surface area contributed by atoms with Crippen LogP contribution in [0.1, 0.15) is 36.8 Å². The van der Waals surface area contributed by atoms with Gasteiger partial charge in [0.15, 0.2) is 0 Å². The second-order valence-corrected chi connectivity index (χ2v) is 6.71. The van der Waals surface area contributed by atoms with Gasteiger partial charge in [0.05, 0.1) is 11.9 Å². The standard InChI is InChI=1S/C20H24N4O2/c1-15-5-4-6-16(11-15)9-10-19(25)23-18-12-21-24(13-18)14-20(26)22-17-7-2-3-8-17/h4-6,9-13,17H,2-3,7-8,14H2,1H3,(H,22,26)(H,23,25)/b10-9+. The Balaban J connectivity index is 1.49. The Bertz CT molecular complexity index is 804. The summed E-state index contributed by atoms with van der Waals surface area (Å²) in [5.41, 5.74) is 2.68. The van der Waals surface area contributed by atoms with Crippen molar-refractivity contribution in [3.05, 3.63) is 53.9 Å². The molecule has 2 N–H and O–H groups in total. The first-order valence-electron chi connectivity index (χ1n) is 8.96. The largest absolute Gasteiger partial charge is 0.352 e. The zero-order valence-corrected chi connectivity index (χ0v) is 14.9. The minimum atomic E-state index is -0.235. The molecule has 1 aromatic carbocycles. The summed E-state index contributed by atoms with van der Waals surface area (Å²) < 4.78 is 1.53. The number of rotatable bonds is 6. The van der Waals surface area contributed by atoms with Gasteiger partial charge in [-0.3, -0.25) is 14.3 Å². The first-order chi connectivity index (χ1) is 12.6. The van der Waals surface area contributed by atoms with Crippen LogP contribution in [0, 0.1) is 6.92 Å². The molecule has 0 radical (unpaired) electrons. The molecule has 1 fully saturated rings. The van der Waals surface area contributed by atoms with Crippen LogP contribution in [0.25, 0.3) is 6.08 Å². The molecular weight excluding hydrogens is 328 g/mol. The maximum absolute atomic E-state index is 12.0. The van der Waals surface area contributed by atoms with Crippen LogP contribution in [-0.4, -0.2) is 27.6 Å². The average molecular weight is 352 g/mol. The van der Waals surface area contributed by atoms with Crippen molar-refractivity contribution in [2.75, 3.05) is 5.32 Å². The zero-order chi connectivity index (χ0) is 18.4. The summed E-state index contributed by atoms with van der Waals surface area (Å²) in [7, 11) is 0. The normalized spacial score (nSPS) is 14.7. The maximum Gasteiger partial charge on any atom is 0.248 e. The van der Waals surface area contributed by atoms with Gasteiger partial charge in [0, 0.05) is 18.3 Å². The lowest BCUT2D eigenvalue weighted by atomic mass is 10.1. The number of benzene rings is 1. The highest BCUT2D eigenvalue weighted by atomic mass is 16.2. The first kappa shape index (κ1) is 17.9. The monoisotopic (exact) mass is 352 g/mol. The van der Waals surface area contributed by atoms with E-state index in [2.05, 4.69) is 15.7 Å². The molecular formula is C20H24N4O2. The maximum atomic E-state index is 12.0. The van der Waals surface area contributed by atoms with Crippen molar-refractivity contribution in [3.63, 3.8) is 0 Å². The molecule has 6 nitrogen and oxygen atoms in total. The molecule has 136 valence electrons. The molecule has 1 aliphatic carbocycles. The van der Waals surface area contributed by atoms with E-state index in [1.54, 1.807) is 18.5 Å². The Labute approximate surface area is 153 Å². The number of aryl methyl sites for hydroxylation is 1. The number of hydrogen-bond acceptors (Lipinski definition) is 3. The highest BCUT2D eigenvalue weighted by Crippen LogP contribution is 2.17. The van der Waals surface area contributed by atoms with Crippen molar-refractivity contribution in [1.29, 1.82) is 0 Å². The highest BCUT2D eigenvalue weighted by Gasteiger charge is 2.17. The molecule has 2 aromatic rings. The highest BCUT2D eigenvalue weighted by molar-refractivity contribution is 6.01. The average Bonchev–Trinajstić information content (AvgIpc) is 3.25. The van der Waals surface area contributed by atoms with Crippen LogP contribution < -0.4 is 10.6 Å². The number of aromatic nitrogens is 2. The predicted octanol–water partition coefficient (Wildman–Crippen LogP) is 2.90. The van der Waals surface area contributed by atoms with Gasteiger partial charge in [0.2, 0.25) is 11.8 Å². The third-order valence-electron chi connectivity index (χ3n) is 4.40. The molecule has 2 amide bonds. The lowest BCUT2D eigenvalue weighted by Crippen LogP contribution is -2.35. The van der Waals surface area contributed by atoms with E-state index in [1.807, 2.05) is 31.2 Å². The van der Waals surface area contributed by atoms with Gasteiger partial charge in [-0.15, -0.1) is 0 Å². The van der Waals surface area contributed by atoms with E-state index in [0.29, 0.717) is 11.7 Å². The number of nitrogens with zero attached hydrogens (tertiary/aromatic N) is 2. The Morgan fingerprint density at radius 3 is 2.88 bits per heavy atom. The van der Waals surface area contributed by atoms with Crippen LogP contribution in [-0.2, 0) is 16.1 Å². The summed E-state index contributed by atoms with van der Waals surface area (Å²) in [5, 5.41) is 9.91. The third kappa shape index (κ3) is 5.31. The van der Waals surface area contributed by atoms with Crippen LogP contribution in [0.5, 0.6) is 0 Å². The van der Waals surface area contributed by atoms with Crippen molar-refractivity contribution in [2.24, 2.45) is 0 Å². The summed E-state index contributed by atoms with van der Waals surface area (Å²) in [6.07, 6.45) is 10.9. The molecule has 1 saturated carbocycles. The van der Waals surface area contributed by atoms with Gasteiger partial charge in [0.1, 0.15) is 6.54 Å². The second-order valence-electron chi connectivity index (χ2n) is 6.71. The summed E-state index contributed by atoms with van der Waals surface area (Å²) >= 11 is 0. The van der Waals surface area contributed by atoms with Crippen LogP contribution >= 0.6 is 0 Å². The molecule has 0 bridgehead atoms. The van der Waals surface area contributed by atoms with Gasteiger partial charge in [-0.05, 0) is 31.4 Å². The quantitative estimate of drug-likeness (QED) is 0.785. The minimum Gasteiger partial charge on any atom is -0.352 e. The molecule has 0 aliphatic heterocycles. The van der Waals surface area contributed by atoms with E-state index in [-0.39, 0.29) is 18.4 Å². The lowest BCUT2D eigenvalue weighted by Gasteiger charge is -2.11. The predicted molar refractivity (Wildman–Crippen MR) is 101 cm³/mol. The number of carbonyl (C=O) groups is 2. The zero-order valence-electron chi connectivity index (χ0n) is 14.9. The van der Waals surface area contributed by atoms with Gasteiger partial charge in [0.25, 0.3) is 0 Å². The third-order valence-corrected chi connectivity index (χ3v) is 4.40. The lowest BCUT2D eigenvalue weighted by molar-refractivity contribution is -0.122. The number of anilines is 1. The fraction of sp³-hybridized carbons (Fsp3) is 0.350. The van der Waals surface area contributed by atoms with E-state index in [0.717, 1.165) is 24.0 Å². The molecule has 3 rings (SSSR count). The van der Waals surface area contributed by atoms with Gasteiger partial charge >= 0.3 is 0 Å². The van der Waals surface area contributed by atoms with Gasteiger partial charge in [-0.1, -0.05) is 42.7 Å². The molecule has 0 saturated heterocycles. The smallest absolute Gasteiger partial charge is 0.248 e. The van der Waals surface area contributed by atoms with E-state index in [4.69, 9.17) is 0 Å². The number of hydrogen-bond donors (Lipinski definition) is 2. The number of carbonyl (C=O) groups excluding carboxylic acids is 2. The van der Waals surface area contributed by atoms with E-state index in [1.165, 1.54) is 23.6 Å². The molecule has 0 unspecified atom stereocenters. The van der Waals surface area contributed by atoms with Crippen molar-refractivity contribution in [3.8, 4) is 0 Å². The topological polar surface area (TPSA) is 76.0 Å². The van der Waals surface area contributed by atoms with Crippen LogP contribution in [0.15, 0.2) is 42.7 Å². The van der Waals surface area contributed by atoms with Crippen molar-refractivity contribution in [2.45, 2.75) is 45.2 Å². The summed E-state index contributed by atoms with van der Waals surface area (Å²) in [4.78, 5) is 24.0. The Morgan fingerprint density at radius 2 is 2.12 bits per heavy atom. The Kier molecular flexibility index (Phi) is 5.84. The summed E-state index contributed by atoms with van der Waals surface area (Å²) in [5.74, 6) is -0.279.